The summed E-state index contributed by atoms with van der Waals surface area (Å²) in [4.78, 5) is 11.1. The molecule has 1 unspecified atom stereocenters. The van der Waals surface area contributed by atoms with E-state index in [4.69, 9.17) is 15.4 Å². The van der Waals surface area contributed by atoms with E-state index in [1.165, 1.54) is 5.56 Å². The van der Waals surface area contributed by atoms with Gasteiger partial charge in [0.05, 0.1) is 5.56 Å². The molecule has 0 amide bonds. The van der Waals surface area contributed by atoms with Crippen molar-refractivity contribution >= 4 is 11.9 Å². The van der Waals surface area contributed by atoms with Crippen molar-refractivity contribution in [3.8, 4) is 11.1 Å². The van der Waals surface area contributed by atoms with Gasteiger partial charge in [-0.05, 0) is 23.5 Å². The number of nitrogens with two attached hydrogens (primary N) is 1. The lowest BCUT2D eigenvalue weighted by Crippen LogP contribution is -2.00. The number of aromatic carboxylic acids is 1. The molecule has 2 rings (SSSR count). The van der Waals surface area contributed by atoms with Gasteiger partial charge in [0.15, 0.2) is 0 Å². The second-order valence-corrected chi connectivity index (χ2v) is 4.51. The van der Waals surface area contributed by atoms with Crippen LogP contribution in [0.3, 0.4) is 0 Å². The summed E-state index contributed by atoms with van der Waals surface area (Å²) in [5, 5.41) is 12.5. The van der Waals surface area contributed by atoms with Crippen LogP contribution in [0.4, 0.5) is 5.88 Å². The molecule has 0 saturated heterocycles. The number of hydrogen-bond acceptors (Lipinski definition) is 4. The SMILES string of the molecule is CCC(C)c1ccc(-c2c(C(=O)O)noc2N)cc1. The summed E-state index contributed by atoms with van der Waals surface area (Å²) < 4.78 is 4.76. The molecule has 0 radical (unpaired) electrons. The number of anilines is 1. The summed E-state index contributed by atoms with van der Waals surface area (Å²) in [6.07, 6.45) is 1.05. The van der Waals surface area contributed by atoms with Crippen molar-refractivity contribution in [2.45, 2.75) is 26.2 Å². The molecular weight excluding hydrogens is 244 g/mol. The van der Waals surface area contributed by atoms with Crippen LogP contribution in [0.1, 0.15) is 42.2 Å². The minimum absolute atomic E-state index is 0.0219. The van der Waals surface area contributed by atoms with E-state index in [9.17, 15) is 4.79 Å². The van der Waals surface area contributed by atoms with Gasteiger partial charge in [0.2, 0.25) is 11.6 Å². The van der Waals surface area contributed by atoms with Crippen LogP contribution < -0.4 is 5.73 Å². The Morgan fingerprint density at radius 3 is 2.58 bits per heavy atom. The second kappa shape index (κ2) is 5.14. The first-order valence-corrected chi connectivity index (χ1v) is 6.13. The molecule has 0 fully saturated rings. The van der Waals surface area contributed by atoms with Gasteiger partial charge in [0, 0.05) is 0 Å². The fraction of sp³-hybridized carbons (Fsp3) is 0.286. The lowest BCUT2D eigenvalue weighted by atomic mass is 9.96. The molecule has 1 heterocycles. The summed E-state index contributed by atoms with van der Waals surface area (Å²) in [6, 6.07) is 7.64. The Bertz CT molecular complexity index is 587. The molecule has 100 valence electrons. The van der Waals surface area contributed by atoms with E-state index in [-0.39, 0.29) is 11.6 Å². The zero-order valence-electron chi connectivity index (χ0n) is 10.9. The molecule has 0 aliphatic carbocycles. The number of carboxylic acids is 1. The molecule has 5 heteroatoms. The lowest BCUT2D eigenvalue weighted by molar-refractivity contribution is 0.0686. The molecular formula is C14H16N2O3. The molecule has 1 atom stereocenters. The van der Waals surface area contributed by atoms with Crippen molar-refractivity contribution in [1.82, 2.24) is 5.16 Å². The van der Waals surface area contributed by atoms with Crippen LogP contribution in [0.5, 0.6) is 0 Å². The third-order valence-corrected chi connectivity index (χ3v) is 3.30. The van der Waals surface area contributed by atoms with Crippen LogP contribution in [0.2, 0.25) is 0 Å². The minimum atomic E-state index is -1.15. The van der Waals surface area contributed by atoms with Crippen molar-refractivity contribution in [2.24, 2.45) is 0 Å². The summed E-state index contributed by atoms with van der Waals surface area (Å²) in [7, 11) is 0. The normalized spacial score (nSPS) is 12.3. The van der Waals surface area contributed by atoms with Gasteiger partial charge in [0.1, 0.15) is 0 Å². The average molecular weight is 260 g/mol. The standard InChI is InChI=1S/C14H16N2O3/c1-3-8(2)9-4-6-10(7-5-9)11-12(14(17)18)16-19-13(11)15/h4-8H,3,15H2,1-2H3,(H,17,18). The highest BCUT2D eigenvalue weighted by Crippen LogP contribution is 2.31. The molecule has 5 nitrogen and oxygen atoms in total. The van der Waals surface area contributed by atoms with Gasteiger partial charge in [0.25, 0.3) is 0 Å². The number of carboxylic acid groups (broad SMARTS) is 1. The number of aromatic nitrogens is 1. The lowest BCUT2D eigenvalue weighted by Gasteiger charge is -2.09. The van der Waals surface area contributed by atoms with Crippen molar-refractivity contribution in [3.05, 3.63) is 35.5 Å². The first kappa shape index (κ1) is 13.1. The van der Waals surface area contributed by atoms with E-state index < -0.39 is 5.97 Å². The van der Waals surface area contributed by atoms with Gasteiger partial charge in [-0.2, -0.15) is 0 Å². The number of carbonyl (C=O) groups is 1. The Kier molecular flexibility index (Phi) is 3.55. The van der Waals surface area contributed by atoms with Crippen LogP contribution in [0, 0.1) is 0 Å². The Morgan fingerprint density at radius 2 is 2.05 bits per heavy atom. The van der Waals surface area contributed by atoms with Crippen molar-refractivity contribution in [2.75, 3.05) is 5.73 Å². The number of nitrogens with zero attached hydrogens (tertiary/aromatic N) is 1. The predicted octanol–water partition coefficient (Wildman–Crippen LogP) is 3.14. The number of nitrogen functional groups attached to an aromatic ring is 1. The van der Waals surface area contributed by atoms with Gasteiger partial charge in [-0.25, -0.2) is 4.79 Å². The fourth-order valence-corrected chi connectivity index (χ4v) is 1.94. The monoisotopic (exact) mass is 260 g/mol. The summed E-state index contributed by atoms with van der Waals surface area (Å²) in [5.41, 5.74) is 7.72. The van der Waals surface area contributed by atoms with Gasteiger partial charge in [-0.1, -0.05) is 43.3 Å². The Hall–Kier alpha value is -2.30. The molecule has 1 aromatic heterocycles. The maximum absolute atomic E-state index is 11.1. The molecule has 3 N–H and O–H groups in total. The number of rotatable bonds is 4. The highest BCUT2D eigenvalue weighted by molar-refractivity contribution is 5.96. The maximum Gasteiger partial charge on any atom is 0.358 e. The second-order valence-electron chi connectivity index (χ2n) is 4.51. The fourth-order valence-electron chi connectivity index (χ4n) is 1.94. The average Bonchev–Trinajstić information content (AvgIpc) is 2.80. The zero-order chi connectivity index (χ0) is 14.0. The molecule has 1 aromatic carbocycles. The summed E-state index contributed by atoms with van der Waals surface area (Å²) in [5.74, 6) is -0.664. The van der Waals surface area contributed by atoms with Crippen LogP contribution >= 0.6 is 0 Å². The molecule has 0 spiro atoms. The molecule has 0 bridgehead atoms. The highest BCUT2D eigenvalue weighted by atomic mass is 16.5. The van der Waals surface area contributed by atoms with E-state index in [2.05, 4.69) is 19.0 Å². The van der Waals surface area contributed by atoms with Gasteiger partial charge in [-0.15, -0.1) is 0 Å². The van der Waals surface area contributed by atoms with Crippen molar-refractivity contribution in [1.29, 1.82) is 0 Å². The van der Waals surface area contributed by atoms with Gasteiger partial charge in [-0.3, -0.25) is 0 Å². The Labute approximate surface area is 111 Å². The van der Waals surface area contributed by atoms with Gasteiger partial charge >= 0.3 is 5.97 Å². The topological polar surface area (TPSA) is 89.3 Å². The first-order chi connectivity index (χ1) is 9.04. The Balaban J connectivity index is 2.43. The van der Waals surface area contributed by atoms with E-state index in [1.54, 1.807) is 0 Å². The van der Waals surface area contributed by atoms with E-state index in [0.29, 0.717) is 17.0 Å². The molecule has 0 aliphatic rings. The van der Waals surface area contributed by atoms with E-state index in [1.807, 2.05) is 24.3 Å². The third kappa shape index (κ3) is 2.45. The van der Waals surface area contributed by atoms with Crippen LogP contribution in [0.15, 0.2) is 28.8 Å². The largest absolute Gasteiger partial charge is 0.476 e. The quantitative estimate of drug-likeness (QED) is 0.881. The molecule has 0 aliphatic heterocycles. The van der Waals surface area contributed by atoms with Crippen LogP contribution in [0.25, 0.3) is 11.1 Å². The van der Waals surface area contributed by atoms with Gasteiger partial charge < -0.3 is 15.4 Å². The Morgan fingerprint density at radius 1 is 1.42 bits per heavy atom. The van der Waals surface area contributed by atoms with Crippen LogP contribution in [-0.4, -0.2) is 16.2 Å². The maximum atomic E-state index is 11.1. The van der Waals surface area contributed by atoms with Crippen molar-refractivity contribution < 1.29 is 14.4 Å². The molecule has 19 heavy (non-hydrogen) atoms. The summed E-state index contributed by atoms with van der Waals surface area (Å²) in [6.45, 7) is 4.27. The first-order valence-electron chi connectivity index (χ1n) is 6.13. The minimum Gasteiger partial charge on any atom is -0.476 e. The predicted molar refractivity (Wildman–Crippen MR) is 72.0 cm³/mol. The number of benzene rings is 1. The van der Waals surface area contributed by atoms with E-state index >= 15 is 0 Å². The smallest absolute Gasteiger partial charge is 0.358 e. The highest BCUT2D eigenvalue weighted by Gasteiger charge is 2.21. The van der Waals surface area contributed by atoms with Crippen molar-refractivity contribution in [3.63, 3.8) is 0 Å². The third-order valence-electron chi connectivity index (χ3n) is 3.30. The summed E-state index contributed by atoms with van der Waals surface area (Å²) >= 11 is 0. The molecule has 0 saturated carbocycles. The van der Waals surface area contributed by atoms with E-state index in [0.717, 1.165) is 6.42 Å². The zero-order valence-corrected chi connectivity index (χ0v) is 10.9. The molecule has 2 aromatic rings. The van der Waals surface area contributed by atoms with Crippen LogP contribution in [-0.2, 0) is 0 Å². The number of hydrogen-bond donors (Lipinski definition) is 2.